The molecular weight excluding hydrogens is 352 g/mol. The van der Waals surface area contributed by atoms with Crippen molar-refractivity contribution >= 4 is 17.6 Å². The molecule has 0 bridgehead atoms. The molecule has 5 heteroatoms. The molecule has 1 fully saturated rings. The van der Waals surface area contributed by atoms with Crippen LogP contribution in [-0.4, -0.2) is 40.2 Å². The number of Topliss-reactive ketones (excluding diaryl/α,β-unsaturated/α-hetero) is 1. The number of benzene rings is 2. The van der Waals surface area contributed by atoms with Gasteiger partial charge in [0.25, 0.3) is 11.8 Å². The van der Waals surface area contributed by atoms with E-state index in [4.69, 9.17) is 0 Å². The van der Waals surface area contributed by atoms with E-state index < -0.39 is 0 Å². The van der Waals surface area contributed by atoms with Gasteiger partial charge >= 0.3 is 0 Å². The van der Waals surface area contributed by atoms with Crippen molar-refractivity contribution in [1.82, 2.24) is 10.0 Å². The maximum atomic E-state index is 12.7. The average molecular weight is 372 g/mol. The zero-order chi connectivity index (χ0) is 19.5. The quantitative estimate of drug-likeness (QED) is 0.599. The minimum atomic E-state index is -0.352. The molecule has 2 atom stereocenters. The summed E-state index contributed by atoms with van der Waals surface area (Å²) < 4.78 is 0. The fourth-order valence-corrected chi connectivity index (χ4v) is 3.71. The standard InChI is InChI=1S/C23H20N2O3/c26-21(18-11-5-2-6-12-18)16-24-22(27)15-23(28)25(24)20-14-8-7-13-19(20)17-9-3-1-4-10-17/h1-14,19-20H,15-16H2/t19-,20+/m1/s1. The van der Waals surface area contributed by atoms with Gasteiger partial charge in [-0.3, -0.25) is 14.4 Å². The van der Waals surface area contributed by atoms with Crippen LogP contribution in [0.3, 0.4) is 0 Å². The van der Waals surface area contributed by atoms with Crippen LogP contribution in [0, 0.1) is 0 Å². The minimum Gasteiger partial charge on any atom is -0.292 e. The van der Waals surface area contributed by atoms with Gasteiger partial charge in [-0.15, -0.1) is 0 Å². The highest BCUT2D eigenvalue weighted by molar-refractivity contribution is 6.06. The highest BCUT2D eigenvalue weighted by atomic mass is 16.2. The van der Waals surface area contributed by atoms with Crippen molar-refractivity contribution in [1.29, 1.82) is 0 Å². The number of hydrogen-bond donors (Lipinski definition) is 0. The van der Waals surface area contributed by atoms with E-state index >= 15 is 0 Å². The van der Waals surface area contributed by atoms with Gasteiger partial charge in [0.05, 0.1) is 6.04 Å². The monoisotopic (exact) mass is 372 g/mol. The number of hydrogen-bond acceptors (Lipinski definition) is 3. The average Bonchev–Trinajstić information content (AvgIpc) is 3.02. The van der Waals surface area contributed by atoms with Crippen LogP contribution in [0.5, 0.6) is 0 Å². The lowest BCUT2D eigenvalue weighted by Gasteiger charge is -2.37. The first-order valence-corrected chi connectivity index (χ1v) is 9.25. The minimum absolute atomic E-state index is 0.0876. The third-order valence-corrected chi connectivity index (χ3v) is 5.07. The van der Waals surface area contributed by atoms with Crippen molar-refractivity contribution in [2.75, 3.05) is 6.54 Å². The van der Waals surface area contributed by atoms with Gasteiger partial charge in [0, 0.05) is 11.5 Å². The van der Waals surface area contributed by atoms with Crippen LogP contribution in [0.2, 0.25) is 0 Å². The number of nitrogens with zero attached hydrogens (tertiary/aromatic N) is 2. The van der Waals surface area contributed by atoms with Crippen molar-refractivity contribution < 1.29 is 14.4 Å². The molecule has 1 heterocycles. The van der Waals surface area contributed by atoms with E-state index in [1.165, 1.54) is 10.0 Å². The summed E-state index contributed by atoms with van der Waals surface area (Å²) in [5.74, 6) is -0.906. The van der Waals surface area contributed by atoms with E-state index in [0.29, 0.717) is 5.56 Å². The topological polar surface area (TPSA) is 57.7 Å². The van der Waals surface area contributed by atoms with Crippen LogP contribution in [0.15, 0.2) is 85.0 Å². The molecule has 0 N–H and O–H groups in total. The van der Waals surface area contributed by atoms with Gasteiger partial charge in [0.1, 0.15) is 13.0 Å². The molecule has 2 aliphatic rings. The Bertz CT molecular complexity index is 950. The van der Waals surface area contributed by atoms with Gasteiger partial charge in [0.15, 0.2) is 5.78 Å². The molecule has 0 saturated carbocycles. The molecule has 0 spiro atoms. The number of carbonyl (C=O) groups excluding carboxylic acids is 3. The summed E-state index contributed by atoms with van der Waals surface area (Å²) >= 11 is 0. The fraction of sp³-hybridized carbons (Fsp3) is 0.174. The van der Waals surface area contributed by atoms with E-state index in [2.05, 4.69) is 0 Å². The number of amides is 2. The molecule has 1 aliphatic heterocycles. The van der Waals surface area contributed by atoms with Gasteiger partial charge in [-0.2, -0.15) is 0 Å². The summed E-state index contributed by atoms with van der Waals surface area (Å²) in [5, 5.41) is 2.77. The van der Waals surface area contributed by atoms with Gasteiger partial charge in [-0.1, -0.05) is 85.0 Å². The summed E-state index contributed by atoms with van der Waals surface area (Å²) in [6.07, 6.45) is 7.53. The zero-order valence-corrected chi connectivity index (χ0v) is 15.3. The van der Waals surface area contributed by atoms with E-state index in [1.807, 2.05) is 60.7 Å². The number of ketones is 1. The van der Waals surface area contributed by atoms with Crippen LogP contribution in [0.25, 0.3) is 0 Å². The van der Waals surface area contributed by atoms with Gasteiger partial charge in [-0.25, -0.2) is 10.0 Å². The lowest BCUT2D eigenvalue weighted by molar-refractivity contribution is -0.149. The Morgan fingerprint density at radius 2 is 1.50 bits per heavy atom. The van der Waals surface area contributed by atoms with E-state index in [-0.39, 0.29) is 42.5 Å². The largest absolute Gasteiger partial charge is 0.292 e. The molecule has 2 aromatic carbocycles. The van der Waals surface area contributed by atoms with Crippen molar-refractivity contribution in [3.63, 3.8) is 0 Å². The van der Waals surface area contributed by atoms with Crippen LogP contribution in [0.1, 0.15) is 28.3 Å². The first-order valence-electron chi connectivity index (χ1n) is 9.25. The summed E-state index contributed by atoms with van der Waals surface area (Å²) in [5.41, 5.74) is 1.57. The molecule has 0 radical (unpaired) electrons. The highest BCUT2D eigenvalue weighted by Crippen LogP contribution is 2.32. The normalized spacial score (nSPS) is 21.4. The van der Waals surface area contributed by atoms with Crippen LogP contribution in [0.4, 0.5) is 0 Å². The zero-order valence-electron chi connectivity index (χ0n) is 15.3. The summed E-state index contributed by atoms with van der Waals surface area (Å²) in [4.78, 5) is 37.9. The van der Waals surface area contributed by atoms with Crippen molar-refractivity contribution in [2.24, 2.45) is 0 Å². The third kappa shape index (κ3) is 3.39. The Morgan fingerprint density at radius 3 is 2.21 bits per heavy atom. The van der Waals surface area contributed by atoms with Crippen LogP contribution in [-0.2, 0) is 9.59 Å². The Balaban J connectivity index is 1.63. The summed E-state index contributed by atoms with van der Waals surface area (Å²) in [6, 6.07) is 18.3. The van der Waals surface area contributed by atoms with E-state index in [1.54, 1.807) is 24.3 Å². The van der Waals surface area contributed by atoms with E-state index in [0.717, 1.165) is 5.56 Å². The molecule has 0 aromatic heterocycles. The number of rotatable bonds is 5. The van der Waals surface area contributed by atoms with Crippen molar-refractivity contribution in [3.8, 4) is 0 Å². The van der Waals surface area contributed by atoms with Crippen LogP contribution >= 0.6 is 0 Å². The first-order chi connectivity index (χ1) is 13.6. The lowest BCUT2D eigenvalue weighted by atomic mass is 9.88. The molecule has 140 valence electrons. The van der Waals surface area contributed by atoms with Crippen molar-refractivity contribution in [2.45, 2.75) is 18.4 Å². The highest BCUT2D eigenvalue weighted by Gasteiger charge is 2.43. The molecule has 4 rings (SSSR count). The summed E-state index contributed by atoms with van der Waals surface area (Å²) in [7, 11) is 0. The molecule has 1 aliphatic carbocycles. The number of carbonyl (C=O) groups is 3. The summed E-state index contributed by atoms with van der Waals surface area (Å²) in [6.45, 7) is -0.149. The Kier molecular flexibility index (Phi) is 4.89. The molecule has 28 heavy (non-hydrogen) atoms. The van der Waals surface area contributed by atoms with Gasteiger partial charge in [0.2, 0.25) is 0 Å². The molecule has 1 saturated heterocycles. The maximum Gasteiger partial charge on any atom is 0.251 e. The second kappa shape index (κ2) is 7.64. The molecular formula is C23H20N2O3. The lowest BCUT2D eigenvalue weighted by Crippen LogP contribution is -2.50. The second-order valence-corrected chi connectivity index (χ2v) is 6.85. The second-order valence-electron chi connectivity index (χ2n) is 6.85. The predicted octanol–water partition coefficient (Wildman–Crippen LogP) is 3.12. The van der Waals surface area contributed by atoms with Gasteiger partial charge in [-0.05, 0) is 5.56 Å². The third-order valence-electron chi connectivity index (χ3n) is 5.07. The number of hydrazine groups is 1. The van der Waals surface area contributed by atoms with Crippen LogP contribution < -0.4 is 0 Å². The molecule has 0 unspecified atom stereocenters. The predicted molar refractivity (Wildman–Crippen MR) is 105 cm³/mol. The Morgan fingerprint density at radius 1 is 0.857 bits per heavy atom. The molecule has 5 nitrogen and oxygen atoms in total. The maximum absolute atomic E-state index is 12.7. The smallest absolute Gasteiger partial charge is 0.251 e. The molecule has 2 amide bonds. The Labute approximate surface area is 163 Å². The first kappa shape index (κ1) is 17.9. The number of allylic oxidation sites excluding steroid dienone is 2. The molecule has 2 aromatic rings. The van der Waals surface area contributed by atoms with Crippen molar-refractivity contribution in [3.05, 3.63) is 96.1 Å². The van der Waals surface area contributed by atoms with Gasteiger partial charge < -0.3 is 0 Å². The van der Waals surface area contributed by atoms with E-state index in [9.17, 15) is 14.4 Å². The SMILES string of the molecule is O=C(CN1C(=O)CC(=O)N1[C@H]1C=CC=C[C@@H]1c1ccccc1)c1ccccc1. The Hall–Kier alpha value is -3.47. The fourth-order valence-electron chi connectivity index (χ4n) is 3.71.